The number of hydrogen-bond acceptors (Lipinski definition) is 9. The van der Waals surface area contributed by atoms with Gasteiger partial charge in [-0.25, -0.2) is 4.98 Å². The van der Waals surface area contributed by atoms with Gasteiger partial charge in [0.25, 0.3) is 0 Å². The normalized spacial score (nSPS) is 12.6. The summed E-state index contributed by atoms with van der Waals surface area (Å²) in [6, 6.07) is 9.22. The summed E-state index contributed by atoms with van der Waals surface area (Å²) in [6.45, 7) is 0.215. The van der Waals surface area contributed by atoms with Crippen molar-refractivity contribution in [2.75, 3.05) is 18.4 Å². The Morgan fingerprint density at radius 1 is 1.18 bits per heavy atom. The van der Waals surface area contributed by atoms with Crippen molar-refractivity contribution >= 4 is 40.3 Å². The molecule has 0 atom stereocenters. The van der Waals surface area contributed by atoms with Crippen molar-refractivity contribution in [3.8, 4) is 23.1 Å². The van der Waals surface area contributed by atoms with Gasteiger partial charge in [-0.3, -0.25) is 14.8 Å². The minimum Gasteiger partial charge on any atom is -0.461 e. The molecule has 1 aliphatic rings. The quantitative estimate of drug-likeness (QED) is 0.367. The molecule has 0 saturated carbocycles. The second-order valence-electron chi connectivity index (χ2n) is 7.65. The third-order valence-corrected chi connectivity index (χ3v) is 6.34. The fourth-order valence-electron chi connectivity index (χ4n) is 3.90. The maximum atomic E-state index is 12.8. The number of nitrogens with one attached hydrogen (secondary N) is 1. The second-order valence-corrected chi connectivity index (χ2v) is 8.45. The summed E-state index contributed by atoms with van der Waals surface area (Å²) in [5, 5.41) is 13.6. The molecular weight excluding hydrogens is 458 g/mol. The first-order valence-electron chi connectivity index (χ1n) is 10.5. The third-order valence-electron chi connectivity index (χ3n) is 5.48. The van der Waals surface area contributed by atoms with Crippen LogP contribution in [0.4, 0.5) is 5.95 Å². The smallest absolute Gasteiger partial charge is 0.234 e. The summed E-state index contributed by atoms with van der Waals surface area (Å²) in [5.41, 5.74) is 1.99. The largest absolute Gasteiger partial charge is 0.461 e. The van der Waals surface area contributed by atoms with Crippen LogP contribution in [-0.2, 0) is 18.3 Å². The highest BCUT2D eigenvalue weighted by molar-refractivity contribution is 7.98. The first kappa shape index (κ1) is 20.5. The van der Waals surface area contributed by atoms with Gasteiger partial charge in [-0.1, -0.05) is 6.07 Å². The van der Waals surface area contributed by atoms with Gasteiger partial charge >= 0.3 is 0 Å². The number of aromatic nitrogens is 6. The standard InChI is InChI=1S/C22H19N7O4S/c1-28-21(34-2)17-19(26-28)25-22(29-20(17)24-18(27-29)14-4-3-9-31-14)23-16(30)8-6-12-5-7-13-15(10-12)33-11-32-13/h3-5,7,9-10H,6,8,11H2,1-2H3,(H,23,25,26,30). The number of hydrogen-bond donors (Lipinski definition) is 1. The van der Waals surface area contributed by atoms with Crippen LogP contribution in [0.5, 0.6) is 11.5 Å². The summed E-state index contributed by atoms with van der Waals surface area (Å²) >= 11 is 1.54. The van der Waals surface area contributed by atoms with E-state index in [0.29, 0.717) is 40.8 Å². The number of furan rings is 1. The number of fused-ring (bicyclic) bond motifs is 4. The van der Waals surface area contributed by atoms with E-state index in [9.17, 15) is 4.79 Å². The van der Waals surface area contributed by atoms with Crippen LogP contribution in [0.15, 0.2) is 46.0 Å². The molecule has 6 rings (SSSR count). The van der Waals surface area contributed by atoms with Crippen molar-refractivity contribution in [2.24, 2.45) is 7.05 Å². The molecule has 0 bridgehead atoms. The number of amides is 1. The molecule has 0 unspecified atom stereocenters. The monoisotopic (exact) mass is 477 g/mol. The van der Waals surface area contributed by atoms with Crippen molar-refractivity contribution in [3.05, 3.63) is 42.2 Å². The molecule has 0 radical (unpaired) electrons. The Bertz CT molecular complexity index is 1540. The molecule has 5 heterocycles. The zero-order valence-electron chi connectivity index (χ0n) is 18.3. The molecule has 0 spiro atoms. The van der Waals surface area contributed by atoms with E-state index in [4.69, 9.17) is 13.9 Å². The highest BCUT2D eigenvalue weighted by atomic mass is 32.2. The summed E-state index contributed by atoms with van der Waals surface area (Å²) in [4.78, 5) is 22.1. The zero-order chi connectivity index (χ0) is 23.2. The van der Waals surface area contributed by atoms with Crippen molar-refractivity contribution in [3.63, 3.8) is 0 Å². The Hall–Kier alpha value is -4.06. The fourth-order valence-corrected chi connectivity index (χ4v) is 4.60. The first-order chi connectivity index (χ1) is 16.6. The predicted molar refractivity (Wildman–Crippen MR) is 124 cm³/mol. The van der Waals surface area contributed by atoms with E-state index in [-0.39, 0.29) is 25.1 Å². The molecule has 1 amide bonds. The number of rotatable bonds is 6. The van der Waals surface area contributed by atoms with Crippen LogP contribution < -0.4 is 14.8 Å². The van der Waals surface area contributed by atoms with Crippen molar-refractivity contribution in [1.82, 2.24) is 29.4 Å². The Morgan fingerprint density at radius 2 is 2.06 bits per heavy atom. The average molecular weight is 478 g/mol. The highest BCUT2D eigenvalue weighted by Gasteiger charge is 2.22. The summed E-state index contributed by atoms with van der Waals surface area (Å²) in [6.07, 6.45) is 4.30. The highest BCUT2D eigenvalue weighted by Crippen LogP contribution is 2.33. The molecule has 0 saturated heterocycles. The lowest BCUT2D eigenvalue weighted by molar-refractivity contribution is -0.116. The van der Waals surface area contributed by atoms with Gasteiger partial charge in [0.05, 0.1) is 11.6 Å². The first-order valence-corrected chi connectivity index (χ1v) is 11.7. The lowest BCUT2D eigenvalue weighted by Crippen LogP contribution is -2.16. The summed E-state index contributed by atoms with van der Waals surface area (Å²) < 4.78 is 19.5. The van der Waals surface area contributed by atoms with Gasteiger partial charge in [0.2, 0.25) is 24.5 Å². The van der Waals surface area contributed by atoms with Crippen LogP contribution in [0.2, 0.25) is 0 Å². The van der Waals surface area contributed by atoms with Gasteiger partial charge in [0, 0.05) is 13.5 Å². The second kappa shape index (κ2) is 8.06. The van der Waals surface area contributed by atoms with E-state index in [1.54, 1.807) is 23.1 Å². The lowest BCUT2D eigenvalue weighted by atomic mass is 10.1. The number of aryl methyl sites for hydroxylation is 2. The van der Waals surface area contributed by atoms with Crippen LogP contribution in [0, 0.1) is 0 Å². The Morgan fingerprint density at radius 3 is 2.88 bits per heavy atom. The molecule has 4 aromatic heterocycles. The van der Waals surface area contributed by atoms with Crippen LogP contribution in [0.3, 0.4) is 0 Å². The van der Waals surface area contributed by atoms with Crippen molar-refractivity contribution in [1.29, 1.82) is 0 Å². The molecule has 1 N–H and O–H groups in total. The van der Waals surface area contributed by atoms with Gasteiger partial charge in [-0.2, -0.15) is 14.6 Å². The molecule has 1 aromatic carbocycles. The van der Waals surface area contributed by atoms with E-state index in [2.05, 4.69) is 25.5 Å². The van der Waals surface area contributed by atoms with Gasteiger partial charge in [-0.05, 0) is 42.5 Å². The Labute approximate surface area is 197 Å². The Kier molecular flexibility index (Phi) is 4.87. The topological polar surface area (TPSA) is 122 Å². The summed E-state index contributed by atoms with van der Waals surface area (Å²) in [7, 11) is 1.84. The molecule has 0 aliphatic carbocycles. The minimum atomic E-state index is -0.207. The van der Waals surface area contributed by atoms with Crippen LogP contribution in [-0.4, -0.2) is 48.3 Å². The fraction of sp³-hybridized carbons (Fsp3) is 0.227. The molecule has 5 aromatic rings. The van der Waals surface area contributed by atoms with E-state index >= 15 is 0 Å². The van der Waals surface area contributed by atoms with Crippen LogP contribution in [0.25, 0.3) is 28.3 Å². The average Bonchev–Trinajstić information content (AvgIpc) is 3.62. The number of carbonyl (C=O) groups excluding carboxylic acids is 1. The lowest BCUT2D eigenvalue weighted by Gasteiger charge is -2.07. The minimum absolute atomic E-state index is 0.207. The number of ether oxygens (including phenoxy) is 2. The molecule has 11 nitrogen and oxygen atoms in total. The third kappa shape index (κ3) is 3.43. The van der Waals surface area contributed by atoms with Gasteiger partial charge in [0.15, 0.2) is 28.6 Å². The molecular formula is C22H19N7O4S. The molecule has 12 heteroatoms. The zero-order valence-corrected chi connectivity index (χ0v) is 19.1. The Balaban J connectivity index is 1.33. The summed E-state index contributed by atoms with van der Waals surface area (Å²) in [5.74, 6) is 2.36. The van der Waals surface area contributed by atoms with E-state index in [1.165, 1.54) is 16.3 Å². The SMILES string of the molecule is CSc1c2c(nc(NC(=O)CCc3ccc4c(c3)OCO4)n3nc(-c4ccco4)nc23)nn1C. The number of carbonyl (C=O) groups is 1. The maximum absolute atomic E-state index is 12.8. The van der Waals surface area contributed by atoms with Crippen molar-refractivity contribution in [2.45, 2.75) is 17.9 Å². The molecule has 0 fully saturated rings. The van der Waals surface area contributed by atoms with Gasteiger partial charge in [-0.15, -0.1) is 16.9 Å². The van der Waals surface area contributed by atoms with Gasteiger partial charge < -0.3 is 13.9 Å². The number of nitrogens with zero attached hydrogens (tertiary/aromatic N) is 6. The van der Waals surface area contributed by atoms with Crippen molar-refractivity contribution < 1.29 is 18.7 Å². The van der Waals surface area contributed by atoms with E-state index < -0.39 is 0 Å². The maximum Gasteiger partial charge on any atom is 0.234 e. The van der Waals surface area contributed by atoms with Crippen LogP contribution >= 0.6 is 11.8 Å². The van der Waals surface area contributed by atoms with Crippen LogP contribution in [0.1, 0.15) is 12.0 Å². The van der Waals surface area contributed by atoms with E-state index in [0.717, 1.165) is 16.0 Å². The molecule has 1 aliphatic heterocycles. The number of anilines is 1. The number of benzene rings is 1. The number of thioether (sulfide) groups is 1. The molecule has 34 heavy (non-hydrogen) atoms. The molecule has 172 valence electrons. The van der Waals surface area contributed by atoms with E-state index in [1.807, 2.05) is 31.5 Å². The predicted octanol–water partition coefficient (Wildman–Crippen LogP) is 3.29. The van der Waals surface area contributed by atoms with Gasteiger partial charge in [0.1, 0.15) is 5.03 Å².